The highest BCUT2D eigenvalue weighted by molar-refractivity contribution is 5.76. The Morgan fingerprint density at radius 2 is 1.00 bits per heavy atom. The Balaban J connectivity index is 1.44. The van der Waals surface area contributed by atoms with Crippen molar-refractivity contribution in [3.05, 3.63) is 144 Å². The van der Waals surface area contributed by atoms with Crippen molar-refractivity contribution in [3.8, 4) is 0 Å². The van der Waals surface area contributed by atoms with Crippen LogP contribution < -0.4 is 0 Å². The van der Waals surface area contributed by atoms with Crippen molar-refractivity contribution in [2.45, 2.75) is 70.0 Å². The summed E-state index contributed by atoms with van der Waals surface area (Å²) in [4.78, 5) is 24.3. The predicted molar refractivity (Wildman–Crippen MR) is 173 cm³/mol. The summed E-state index contributed by atoms with van der Waals surface area (Å²) in [7, 11) is 0. The Morgan fingerprint density at radius 3 is 1.49 bits per heavy atom. The standard InChI is InChI=1S/C38H40O9/c39-33(40)21-22-34(41)47-35-32(27-42-23-28-13-5-1-6-14-28)46-38(45-26-31-19-11-4-12-20-31)37(44-25-30-17-9-3-10-18-30)36(35)43-24-29-15-7-2-8-16-29/h1-20,32,35-38H,21-27H2,(H,39,40)/t32-,35-,36+,37-,38-/m1/s1. The molecular formula is C38H40O9. The van der Waals surface area contributed by atoms with Crippen molar-refractivity contribution in [3.63, 3.8) is 0 Å². The van der Waals surface area contributed by atoms with Gasteiger partial charge in [0.25, 0.3) is 0 Å². The number of carboxylic acid groups (broad SMARTS) is 1. The summed E-state index contributed by atoms with van der Waals surface area (Å²) in [6.07, 6.45) is -5.08. The van der Waals surface area contributed by atoms with Crippen molar-refractivity contribution in [2.24, 2.45) is 0 Å². The van der Waals surface area contributed by atoms with Gasteiger partial charge in [0.15, 0.2) is 12.4 Å². The number of rotatable bonds is 17. The van der Waals surface area contributed by atoms with Gasteiger partial charge in [-0.25, -0.2) is 0 Å². The first-order valence-corrected chi connectivity index (χ1v) is 15.7. The van der Waals surface area contributed by atoms with E-state index in [0.29, 0.717) is 6.61 Å². The molecule has 5 atom stereocenters. The maximum absolute atomic E-state index is 13.0. The zero-order chi connectivity index (χ0) is 32.7. The van der Waals surface area contributed by atoms with Crippen molar-refractivity contribution in [1.29, 1.82) is 0 Å². The Kier molecular flexibility index (Phi) is 13.1. The number of hydrogen-bond donors (Lipinski definition) is 1. The summed E-state index contributed by atoms with van der Waals surface area (Å²) < 4.78 is 38.0. The Labute approximate surface area is 275 Å². The van der Waals surface area contributed by atoms with Crippen LogP contribution in [-0.2, 0) is 64.4 Å². The first-order valence-electron chi connectivity index (χ1n) is 15.7. The first kappa shape index (κ1) is 34.0. The second-order valence-corrected chi connectivity index (χ2v) is 11.2. The molecule has 1 N–H and O–H groups in total. The van der Waals surface area contributed by atoms with E-state index in [1.807, 2.05) is 121 Å². The second-order valence-electron chi connectivity index (χ2n) is 11.2. The SMILES string of the molecule is O=C(O)CCC(=O)O[C@H]1[C@H](OCc2ccccc2)[C@@H](OCc2ccccc2)[C@H](OCc2ccccc2)O[C@@H]1COCc1ccccc1. The number of carboxylic acids is 1. The lowest BCUT2D eigenvalue weighted by molar-refractivity contribution is -0.325. The monoisotopic (exact) mass is 640 g/mol. The molecule has 9 nitrogen and oxygen atoms in total. The van der Waals surface area contributed by atoms with Crippen LogP contribution in [-0.4, -0.2) is 54.4 Å². The number of carbonyl (C=O) groups is 2. The number of esters is 1. The molecule has 1 aliphatic rings. The third-order valence-corrected chi connectivity index (χ3v) is 7.62. The molecule has 0 aliphatic carbocycles. The van der Waals surface area contributed by atoms with E-state index in [1.54, 1.807) is 0 Å². The average molecular weight is 641 g/mol. The molecular weight excluding hydrogens is 600 g/mol. The van der Waals surface area contributed by atoms with Gasteiger partial charge in [-0.05, 0) is 22.3 Å². The van der Waals surface area contributed by atoms with Gasteiger partial charge in [-0.1, -0.05) is 121 Å². The summed E-state index contributed by atoms with van der Waals surface area (Å²) in [5.74, 6) is -1.78. The summed E-state index contributed by atoms with van der Waals surface area (Å²) >= 11 is 0. The smallest absolute Gasteiger partial charge is 0.306 e. The lowest BCUT2D eigenvalue weighted by Crippen LogP contribution is -2.62. The molecule has 1 aliphatic heterocycles. The van der Waals surface area contributed by atoms with Crippen molar-refractivity contribution < 1.29 is 43.1 Å². The molecule has 1 saturated heterocycles. The van der Waals surface area contributed by atoms with Crippen molar-refractivity contribution in [1.82, 2.24) is 0 Å². The third-order valence-electron chi connectivity index (χ3n) is 7.62. The lowest BCUT2D eigenvalue weighted by atomic mass is 9.97. The van der Waals surface area contributed by atoms with Gasteiger partial charge in [-0.3, -0.25) is 9.59 Å². The van der Waals surface area contributed by atoms with Gasteiger partial charge in [-0.15, -0.1) is 0 Å². The van der Waals surface area contributed by atoms with E-state index in [1.165, 1.54) is 0 Å². The highest BCUT2D eigenvalue weighted by Crippen LogP contribution is 2.32. The molecule has 0 amide bonds. The molecule has 0 spiro atoms. The number of carbonyl (C=O) groups excluding carboxylic acids is 1. The molecule has 0 bridgehead atoms. The Bertz CT molecular complexity index is 1490. The van der Waals surface area contributed by atoms with Gasteiger partial charge in [0.05, 0.1) is 45.9 Å². The van der Waals surface area contributed by atoms with E-state index in [-0.39, 0.29) is 39.3 Å². The number of aliphatic carboxylic acids is 1. The van der Waals surface area contributed by atoms with Crippen LogP contribution in [0.15, 0.2) is 121 Å². The molecule has 4 aromatic rings. The van der Waals surface area contributed by atoms with Gasteiger partial charge in [0.1, 0.15) is 18.3 Å². The molecule has 0 unspecified atom stereocenters. The quantitative estimate of drug-likeness (QED) is 0.137. The van der Waals surface area contributed by atoms with Crippen molar-refractivity contribution >= 4 is 11.9 Å². The van der Waals surface area contributed by atoms with Gasteiger partial charge in [-0.2, -0.15) is 0 Å². The van der Waals surface area contributed by atoms with Crippen LogP contribution in [0, 0.1) is 0 Å². The van der Waals surface area contributed by atoms with Crippen LogP contribution in [0.3, 0.4) is 0 Å². The minimum absolute atomic E-state index is 0.0492. The minimum Gasteiger partial charge on any atom is -0.481 e. The van der Waals surface area contributed by atoms with Crippen LogP contribution in [0.25, 0.3) is 0 Å². The summed E-state index contributed by atoms with van der Waals surface area (Å²) in [5, 5.41) is 9.20. The zero-order valence-corrected chi connectivity index (χ0v) is 26.1. The van der Waals surface area contributed by atoms with Crippen LogP contribution in [0.2, 0.25) is 0 Å². The molecule has 0 radical (unpaired) electrons. The number of hydrogen-bond acceptors (Lipinski definition) is 8. The highest BCUT2D eigenvalue weighted by atomic mass is 16.7. The molecule has 246 valence electrons. The molecule has 1 fully saturated rings. The largest absolute Gasteiger partial charge is 0.481 e. The molecule has 0 saturated carbocycles. The first-order chi connectivity index (χ1) is 23.0. The van der Waals surface area contributed by atoms with Crippen LogP contribution in [0.4, 0.5) is 0 Å². The average Bonchev–Trinajstić information content (AvgIpc) is 3.11. The summed E-state index contributed by atoms with van der Waals surface area (Å²) in [6.45, 7) is 1.01. The maximum atomic E-state index is 13.0. The fourth-order valence-corrected chi connectivity index (χ4v) is 5.23. The van der Waals surface area contributed by atoms with Crippen LogP contribution >= 0.6 is 0 Å². The Hall–Kier alpha value is -4.38. The zero-order valence-electron chi connectivity index (χ0n) is 26.1. The van der Waals surface area contributed by atoms with E-state index < -0.39 is 42.6 Å². The van der Waals surface area contributed by atoms with Crippen molar-refractivity contribution in [2.75, 3.05) is 6.61 Å². The van der Waals surface area contributed by atoms with Crippen LogP contribution in [0.5, 0.6) is 0 Å². The van der Waals surface area contributed by atoms with E-state index in [2.05, 4.69) is 0 Å². The van der Waals surface area contributed by atoms with Gasteiger partial charge < -0.3 is 33.5 Å². The van der Waals surface area contributed by atoms with E-state index in [0.717, 1.165) is 22.3 Å². The highest BCUT2D eigenvalue weighted by Gasteiger charge is 2.50. The molecule has 0 aromatic heterocycles. The maximum Gasteiger partial charge on any atom is 0.306 e. The predicted octanol–water partition coefficient (Wildman–Crippen LogP) is 6.09. The normalized spacial score (nSPS) is 20.8. The fourth-order valence-electron chi connectivity index (χ4n) is 5.23. The summed E-state index contributed by atoms with van der Waals surface area (Å²) in [5.41, 5.74) is 3.75. The van der Waals surface area contributed by atoms with Gasteiger partial charge >= 0.3 is 11.9 Å². The minimum atomic E-state index is -1.10. The third kappa shape index (κ3) is 10.8. The Morgan fingerprint density at radius 1 is 0.553 bits per heavy atom. The van der Waals surface area contributed by atoms with Crippen LogP contribution in [0.1, 0.15) is 35.1 Å². The lowest BCUT2D eigenvalue weighted by Gasteiger charge is -2.45. The van der Waals surface area contributed by atoms with E-state index in [9.17, 15) is 14.7 Å². The second kappa shape index (κ2) is 18.1. The molecule has 9 heteroatoms. The van der Waals surface area contributed by atoms with E-state index in [4.69, 9.17) is 28.4 Å². The fraction of sp³-hybridized carbons (Fsp3) is 0.316. The van der Waals surface area contributed by atoms with Gasteiger partial charge in [0.2, 0.25) is 0 Å². The molecule has 1 heterocycles. The van der Waals surface area contributed by atoms with Gasteiger partial charge in [0, 0.05) is 0 Å². The molecule has 4 aromatic carbocycles. The molecule has 5 rings (SSSR count). The number of ether oxygens (including phenoxy) is 6. The number of benzene rings is 4. The van der Waals surface area contributed by atoms with E-state index >= 15 is 0 Å². The topological polar surface area (TPSA) is 110 Å². The molecule has 47 heavy (non-hydrogen) atoms. The summed E-state index contributed by atoms with van der Waals surface area (Å²) in [6, 6.07) is 38.7.